The Morgan fingerprint density at radius 3 is 2.50 bits per heavy atom. The number of phenols is 3. The summed E-state index contributed by atoms with van der Waals surface area (Å²) >= 11 is 1.51. The molecular weight excluding hydrogens is 344 g/mol. The first kappa shape index (κ1) is 16.5. The van der Waals surface area contributed by atoms with Gasteiger partial charge in [-0.25, -0.2) is 0 Å². The Kier molecular flexibility index (Phi) is 5.52. The van der Waals surface area contributed by atoms with Gasteiger partial charge in [0.25, 0.3) is 5.01 Å². The molecule has 20 heavy (non-hydrogen) atoms. The van der Waals surface area contributed by atoms with E-state index in [2.05, 4.69) is 5.10 Å². The summed E-state index contributed by atoms with van der Waals surface area (Å²) in [5.41, 5.74) is 0.189. The zero-order valence-corrected chi connectivity index (χ0v) is 13.4. The minimum absolute atomic E-state index is 0. The molecule has 2 rings (SSSR count). The van der Waals surface area contributed by atoms with E-state index < -0.39 is 0 Å². The van der Waals surface area contributed by atoms with Crippen LogP contribution in [0.2, 0.25) is 0 Å². The molecule has 0 radical (unpaired) electrons. The largest absolute Gasteiger partial charge is 1.00 e. The molecular formula is C13H15BrN2O3S. The molecule has 0 unspecified atom stereocenters. The predicted molar refractivity (Wildman–Crippen MR) is 73.1 cm³/mol. The van der Waals surface area contributed by atoms with Crippen LogP contribution < -0.4 is 21.7 Å². The van der Waals surface area contributed by atoms with Gasteiger partial charge in [0, 0.05) is 11.2 Å². The number of nitrogens with zero attached hydrogens (tertiary/aromatic N) is 2. The van der Waals surface area contributed by atoms with Gasteiger partial charge < -0.3 is 32.3 Å². The van der Waals surface area contributed by atoms with E-state index >= 15 is 0 Å². The van der Waals surface area contributed by atoms with Gasteiger partial charge in [0.15, 0.2) is 23.1 Å². The molecule has 0 saturated carbocycles. The third-order valence-electron chi connectivity index (χ3n) is 2.63. The first-order valence-electron chi connectivity index (χ1n) is 5.82. The second-order valence-corrected chi connectivity index (χ2v) is 5.19. The van der Waals surface area contributed by atoms with Gasteiger partial charge in [-0.1, -0.05) is 4.68 Å². The smallest absolute Gasteiger partial charge is 0.289 e. The highest BCUT2D eigenvalue weighted by Crippen LogP contribution is 2.36. The number of halogens is 1. The fraction of sp³-hybridized carbons (Fsp3) is 0.231. The highest BCUT2D eigenvalue weighted by molar-refractivity contribution is 7.11. The first-order valence-corrected chi connectivity index (χ1v) is 6.64. The molecule has 0 atom stereocenters. The summed E-state index contributed by atoms with van der Waals surface area (Å²) < 4.78 is 1.83. The Bertz CT molecular complexity index is 641. The van der Waals surface area contributed by atoms with Crippen LogP contribution in [0.4, 0.5) is 0 Å². The number of phenolic OH excluding ortho intramolecular Hbond substituents is 3. The van der Waals surface area contributed by atoms with E-state index in [0.29, 0.717) is 0 Å². The van der Waals surface area contributed by atoms with Crippen LogP contribution in [-0.2, 0) is 6.54 Å². The molecule has 1 aromatic carbocycles. The van der Waals surface area contributed by atoms with Gasteiger partial charge in [-0.2, -0.15) is 0 Å². The highest BCUT2D eigenvalue weighted by atomic mass is 79.9. The van der Waals surface area contributed by atoms with Crippen LogP contribution in [0.5, 0.6) is 17.2 Å². The third-order valence-corrected chi connectivity index (χ3v) is 3.57. The SMILES string of the molecule is CC[n+]1nc(C)sc1C=Cc1c(O)ccc(O)c1O.[Br-]. The van der Waals surface area contributed by atoms with Gasteiger partial charge in [-0.05, 0) is 43.4 Å². The Morgan fingerprint density at radius 1 is 1.20 bits per heavy atom. The second-order valence-electron chi connectivity index (χ2n) is 3.97. The van der Waals surface area contributed by atoms with Crippen molar-refractivity contribution in [3.05, 3.63) is 27.7 Å². The lowest BCUT2D eigenvalue weighted by molar-refractivity contribution is -0.747. The quantitative estimate of drug-likeness (QED) is 0.375. The molecule has 0 spiro atoms. The second kappa shape index (κ2) is 6.71. The summed E-state index contributed by atoms with van der Waals surface area (Å²) in [6.07, 6.45) is 3.31. The van der Waals surface area contributed by atoms with Crippen LogP contribution in [0, 0.1) is 6.92 Å². The molecule has 0 aliphatic carbocycles. The maximum Gasteiger partial charge on any atom is 0.289 e. The van der Waals surface area contributed by atoms with E-state index in [9.17, 15) is 15.3 Å². The van der Waals surface area contributed by atoms with Crippen molar-refractivity contribution >= 4 is 23.5 Å². The number of aromatic nitrogens is 2. The molecule has 0 amide bonds. The van der Waals surface area contributed by atoms with Crippen LogP contribution in [0.3, 0.4) is 0 Å². The number of hydrogen-bond donors (Lipinski definition) is 3. The van der Waals surface area contributed by atoms with E-state index in [0.717, 1.165) is 16.6 Å². The van der Waals surface area contributed by atoms with Crippen molar-refractivity contribution in [2.24, 2.45) is 0 Å². The Morgan fingerprint density at radius 2 is 1.85 bits per heavy atom. The summed E-state index contributed by atoms with van der Waals surface area (Å²) in [6, 6.07) is 2.57. The Labute approximate surface area is 131 Å². The highest BCUT2D eigenvalue weighted by Gasteiger charge is 2.14. The van der Waals surface area contributed by atoms with Crippen LogP contribution in [0.1, 0.15) is 22.5 Å². The van der Waals surface area contributed by atoms with Gasteiger partial charge in [0.05, 0.1) is 5.56 Å². The molecule has 0 fully saturated rings. The summed E-state index contributed by atoms with van der Waals surface area (Å²) in [4.78, 5) is 0. The van der Waals surface area contributed by atoms with Gasteiger partial charge in [0.1, 0.15) is 5.75 Å². The Hall–Kier alpha value is -1.60. The normalized spacial score (nSPS) is 10.7. The fourth-order valence-electron chi connectivity index (χ4n) is 1.70. The average molecular weight is 359 g/mol. The average Bonchev–Trinajstić information content (AvgIpc) is 2.74. The first-order chi connectivity index (χ1) is 9.02. The summed E-state index contributed by atoms with van der Waals surface area (Å²) in [7, 11) is 0. The van der Waals surface area contributed by atoms with Crippen molar-refractivity contribution in [1.29, 1.82) is 0 Å². The zero-order valence-electron chi connectivity index (χ0n) is 11.0. The van der Waals surface area contributed by atoms with Gasteiger partial charge in [0.2, 0.25) is 0 Å². The topological polar surface area (TPSA) is 77.5 Å². The van der Waals surface area contributed by atoms with Gasteiger partial charge in [-0.3, -0.25) is 0 Å². The Balaban J connectivity index is 0.00000200. The van der Waals surface area contributed by atoms with Crippen LogP contribution in [-0.4, -0.2) is 20.4 Å². The van der Waals surface area contributed by atoms with Crippen molar-refractivity contribution in [2.45, 2.75) is 20.4 Å². The van der Waals surface area contributed by atoms with Gasteiger partial charge in [-0.15, -0.1) is 0 Å². The van der Waals surface area contributed by atoms with E-state index in [1.807, 2.05) is 18.5 Å². The standard InChI is InChI=1S/C13H14N2O3S.BrH/c1-3-15-12(19-8(2)14-15)7-4-9-10(16)5-6-11(17)13(9)18;/h4-7H,3H2,1-2H3,(H2,16,17,18);1H. The zero-order chi connectivity index (χ0) is 14.0. The monoisotopic (exact) mass is 358 g/mol. The number of aryl methyl sites for hydroxylation is 2. The maximum absolute atomic E-state index is 9.71. The van der Waals surface area contributed by atoms with Crippen molar-refractivity contribution < 1.29 is 37.0 Å². The van der Waals surface area contributed by atoms with E-state index in [1.54, 1.807) is 12.2 Å². The number of benzene rings is 1. The van der Waals surface area contributed by atoms with E-state index in [1.165, 1.54) is 23.5 Å². The summed E-state index contributed by atoms with van der Waals surface area (Å²) in [5, 5.41) is 35.0. The van der Waals surface area contributed by atoms with Crippen LogP contribution in [0.25, 0.3) is 12.2 Å². The molecule has 0 bridgehead atoms. The lowest BCUT2D eigenvalue weighted by Crippen LogP contribution is -3.00. The molecule has 1 aromatic heterocycles. The lowest BCUT2D eigenvalue weighted by Gasteiger charge is -2.03. The van der Waals surface area contributed by atoms with Crippen LogP contribution >= 0.6 is 11.3 Å². The van der Waals surface area contributed by atoms with Crippen molar-refractivity contribution in [2.75, 3.05) is 0 Å². The molecule has 0 aliphatic heterocycles. The van der Waals surface area contributed by atoms with Crippen molar-refractivity contribution in [3.8, 4) is 17.2 Å². The molecule has 3 N–H and O–H groups in total. The molecule has 5 nitrogen and oxygen atoms in total. The number of hydrogen-bond acceptors (Lipinski definition) is 5. The summed E-state index contributed by atoms with van der Waals surface area (Å²) in [6.45, 7) is 4.64. The molecule has 7 heteroatoms. The maximum atomic E-state index is 9.71. The molecule has 1 heterocycles. The molecule has 0 aliphatic rings. The minimum Gasteiger partial charge on any atom is -1.00 e. The number of aromatic hydroxyl groups is 3. The van der Waals surface area contributed by atoms with Gasteiger partial charge >= 0.3 is 0 Å². The van der Waals surface area contributed by atoms with Crippen LogP contribution in [0.15, 0.2) is 12.1 Å². The number of rotatable bonds is 3. The predicted octanol–water partition coefficient (Wildman–Crippen LogP) is -0.950. The van der Waals surface area contributed by atoms with E-state index in [-0.39, 0.29) is 39.8 Å². The molecule has 0 saturated heterocycles. The van der Waals surface area contributed by atoms with Crippen molar-refractivity contribution in [1.82, 2.24) is 5.10 Å². The van der Waals surface area contributed by atoms with Crippen molar-refractivity contribution in [3.63, 3.8) is 0 Å². The molecule has 108 valence electrons. The lowest BCUT2D eigenvalue weighted by atomic mass is 10.1. The fourth-order valence-corrected chi connectivity index (χ4v) is 2.55. The summed E-state index contributed by atoms with van der Waals surface area (Å²) in [5.74, 6) is -0.683. The molecule has 2 aromatic rings. The van der Waals surface area contributed by atoms with E-state index in [4.69, 9.17) is 0 Å². The third kappa shape index (κ3) is 3.29. The minimum atomic E-state index is -0.333.